The highest BCUT2D eigenvalue weighted by Gasteiger charge is 2.28. The van der Waals surface area contributed by atoms with E-state index in [1.165, 1.54) is 43.5 Å². The molecule has 0 aliphatic carbocycles. The SMILES string of the molecule is COc1ccccc1Oc1ccc(Cl)cc1NC(=O)CN(c1cc(Cl)cc(Cl)c1)S(=O)(=O)c1ccc(C)cc1. The molecule has 0 atom stereocenters. The molecule has 0 unspecified atom stereocenters. The molecule has 4 rings (SSSR count). The number of para-hydroxylation sites is 2. The molecule has 1 amide bonds. The smallest absolute Gasteiger partial charge is 0.264 e. The number of nitrogens with zero attached hydrogens (tertiary/aromatic N) is 1. The summed E-state index contributed by atoms with van der Waals surface area (Å²) in [7, 11) is -2.67. The second kappa shape index (κ2) is 12.2. The largest absolute Gasteiger partial charge is 0.493 e. The van der Waals surface area contributed by atoms with Gasteiger partial charge in [-0.25, -0.2) is 8.42 Å². The van der Waals surface area contributed by atoms with E-state index >= 15 is 0 Å². The molecule has 11 heteroatoms. The summed E-state index contributed by atoms with van der Waals surface area (Å²) in [6.07, 6.45) is 0. The predicted molar refractivity (Wildman–Crippen MR) is 155 cm³/mol. The Morgan fingerprint density at radius 3 is 2.10 bits per heavy atom. The average molecular weight is 606 g/mol. The molecule has 1 N–H and O–H groups in total. The Labute approximate surface area is 241 Å². The fraction of sp³-hybridized carbons (Fsp3) is 0.107. The summed E-state index contributed by atoms with van der Waals surface area (Å²) < 4.78 is 39.6. The number of amides is 1. The van der Waals surface area contributed by atoms with E-state index in [-0.39, 0.29) is 32.1 Å². The van der Waals surface area contributed by atoms with Crippen LogP contribution in [0.15, 0.2) is 89.8 Å². The molecule has 0 aliphatic heterocycles. The van der Waals surface area contributed by atoms with Crippen LogP contribution in [0.2, 0.25) is 15.1 Å². The summed E-state index contributed by atoms with van der Waals surface area (Å²) in [6, 6.07) is 22.3. The van der Waals surface area contributed by atoms with Crippen molar-refractivity contribution in [2.24, 2.45) is 0 Å². The van der Waals surface area contributed by atoms with Gasteiger partial charge in [0.05, 0.1) is 23.4 Å². The molecule has 7 nitrogen and oxygen atoms in total. The second-order valence-corrected chi connectivity index (χ2v) is 11.6. The van der Waals surface area contributed by atoms with Gasteiger partial charge in [-0.15, -0.1) is 0 Å². The molecule has 0 radical (unpaired) electrons. The van der Waals surface area contributed by atoms with Gasteiger partial charge < -0.3 is 14.8 Å². The lowest BCUT2D eigenvalue weighted by Crippen LogP contribution is -2.38. The number of sulfonamides is 1. The first-order valence-corrected chi connectivity index (χ1v) is 14.1. The Hall–Kier alpha value is -3.43. The van der Waals surface area contributed by atoms with E-state index in [1.54, 1.807) is 48.5 Å². The van der Waals surface area contributed by atoms with Crippen LogP contribution in [-0.2, 0) is 14.8 Å². The average Bonchev–Trinajstić information content (AvgIpc) is 2.88. The van der Waals surface area contributed by atoms with Gasteiger partial charge in [0.15, 0.2) is 17.2 Å². The highest BCUT2D eigenvalue weighted by atomic mass is 35.5. The first kappa shape index (κ1) is 28.6. The lowest BCUT2D eigenvalue weighted by molar-refractivity contribution is -0.114. The molecule has 0 bridgehead atoms. The number of methoxy groups -OCH3 is 1. The zero-order valence-electron chi connectivity index (χ0n) is 20.8. The third-order valence-electron chi connectivity index (χ3n) is 5.54. The van der Waals surface area contributed by atoms with Gasteiger partial charge in [-0.2, -0.15) is 0 Å². The summed E-state index contributed by atoms with van der Waals surface area (Å²) >= 11 is 18.5. The number of carbonyl (C=O) groups is 1. The number of hydrogen-bond acceptors (Lipinski definition) is 5. The number of ether oxygens (including phenoxy) is 2. The van der Waals surface area contributed by atoms with Gasteiger partial charge >= 0.3 is 0 Å². The topological polar surface area (TPSA) is 84.9 Å². The van der Waals surface area contributed by atoms with Crippen LogP contribution in [0.5, 0.6) is 17.2 Å². The first-order chi connectivity index (χ1) is 18.6. The summed E-state index contributed by atoms with van der Waals surface area (Å²) in [5.41, 5.74) is 1.24. The van der Waals surface area contributed by atoms with Crippen LogP contribution in [-0.4, -0.2) is 28.0 Å². The van der Waals surface area contributed by atoms with Crippen LogP contribution in [0.3, 0.4) is 0 Å². The quantitative estimate of drug-likeness (QED) is 0.212. The summed E-state index contributed by atoms with van der Waals surface area (Å²) in [4.78, 5) is 13.3. The van der Waals surface area contributed by atoms with Crippen molar-refractivity contribution in [2.45, 2.75) is 11.8 Å². The van der Waals surface area contributed by atoms with Gasteiger partial charge in [-0.05, 0) is 67.6 Å². The Bertz CT molecular complexity index is 1590. The molecule has 0 saturated heterocycles. The summed E-state index contributed by atoms with van der Waals surface area (Å²) in [6.45, 7) is 1.25. The van der Waals surface area contributed by atoms with Crippen LogP contribution in [0, 0.1) is 6.92 Å². The van der Waals surface area contributed by atoms with Gasteiger partial charge in [0.25, 0.3) is 10.0 Å². The standard InChI is InChI=1S/C28H23Cl3N2O5S/c1-18-7-10-23(11-8-18)39(35,36)33(22-14-20(30)13-21(31)15-22)17-28(34)32-24-16-19(29)9-12-25(24)38-27-6-4-3-5-26(27)37-2/h3-16H,17H2,1-2H3,(H,32,34). The van der Waals surface area contributed by atoms with E-state index in [2.05, 4.69) is 5.32 Å². The predicted octanol–water partition coefficient (Wildman–Crippen LogP) is 7.59. The molecule has 4 aromatic carbocycles. The Morgan fingerprint density at radius 2 is 1.46 bits per heavy atom. The molecule has 0 saturated carbocycles. The molecule has 0 heterocycles. The van der Waals surface area contributed by atoms with Crippen LogP contribution in [0.25, 0.3) is 0 Å². The molecule has 4 aromatic rings. The van der Waals surface area contributed by atoms with Crippen molar-refractivity contribution in [3.8, 4) is 17.2 Å². The fourth-order valence-corrected chi connectivity index (χ4v) is 5.76. The van der Waals surface area contributed by atoms with Crippen molar-refractivity contribution in [1.82, 2.24) is 0 Å². The van der Waals surface area contributed by atoms with Gasteiger partial charge in [0.1, 0.15) is 6.54 Å². The van der Waals surface area contributed by atoms with Gasteiger partial charge in [0, 0.05) is 15.1 Å². The Kier molecular flexibility index (Phi) is 8.92. The number of rotatable bonds is 9. The van der Waals surface area contributed by atoms with Crippen LogP contribution < -0.4 is 19.1 Å². The monoisotopic (exact) mass is 604 g/mol. The van der Waals surface area contributed by atoms with E-state index < -0.39 is 22.5 Å². The molecule has 39 heavy (non-hydrogen) atoms. The van der Waals surface area contributed by atoms with Crippen LogP contribution in [0.4, 0.5) is 11.4 Å². The third-order valence-corrected chi connectivity index (χ3v) is 8.00. The second-order valence-electron chi connectivity index (χ2n) is 8.39. The molecular formula is C28H23Cl3N2O5S. The lowest BCUT2D eigenvalue weighted by Gasteiger charge is -2.25. The molecule has 0 aliphatic rings. The van der Waals surface area contributed by atoms with Crippen LogP contribution in [0.1, 0.15) is 5.56 Å². The fourth-order valence-electron chi connectivity index (χ4n) is 3.67. The van der Waals surface area contributed by atoms with E-state index in [0.29, 0.717) is 16.5 Å². The number of anilines is 2. The minimum atomic E-state index is -4.19. The molecule has 0 aromatic heterocycles. The highest BCUT2D eigenvalue weighted by molar-refractivity contribution is 7.92. The number of carbonyl (C=O) groups excluding carboxylic acids is 1. The number of halogens is 3. The number of aryl methyl sites for hydroxylation is 1. The van der Waals surface area contributed by atoms with Crippen molar-refractivity contribution >= 4 is 62.1 Å². The number of hydrogen-bond donors (Lipinski definition) is 1. The van der Waals surface area contributed by atoms with Crippen LogP contribution >= 0.6 is 34.8 Å². The third kappa shape index (κ3) is 6.96. The highest BCUT2D eigenvalue weighted by Crippen LogP contribution is 2.37. The Morgan fingerprint density at radius 1 is 0.821 bits per heavy atom. The van der Waals surface area contributed by atoms with Gasteiger partial charge in [-0.3, -0.25) is 9.10 Å². The van der Waals surface area contributed by atoms with Gasteiger partial charge in [0.2, 0.25) is 5.91 Å². The van der Waals surface area contributed by atoms with E-state index in [4.69, 9.17) is 44.3 Å². The zero-order chi connectivity index (χ0) is 28.2. The van der Waals surface area contributed by atoms with E-state index in [0.717, 1.165) is 9.87 Å². The minimum Gasteiger partial charge on any atom is -0.493 e. The number of benzene rings is 4. The van der Waals surface area contributed by atoms with E-state index in [9.17, 15) is 13.2 Å². The first-order valence-electron chi connectivity index (χ1n) is 11.5. The molecule has 0 spiro atoms. The lowest BCUT2D eigenvalue weighted by atomic mass is 10.2. The van der Waals surface area contributed by atoms with Gasteiger partial charge in [-0.1, -0.05) is 64.6 Å². The van der Waals surface area contributed by atoms with Crippen molar-refractivity contribution in [1.29, 1.82) is 0 Å². The maximum absolute atomic E-state index is 13.7. The van der Waals surface area contributed by atoms with Crippen molar-refractivity contribution < 1.29 is 22.7 Å². The molecule has 0 fully saturated rings. The van der Waals surface area contributed by atoms with Crippen molar-refractivity contribution in [2.75, 3.05) is 23.3 Å². The zero-order valence-corrected chi connectivity index (χ0v) is 23.9. The summed E-state index contributed by atoms with van der Waals surface area (Å²) in [5, 5.41) is 3.47. The molecular weight excluding hydrogens is 583 g/mol. The summed E-state index contributed by atoms with van der Waals surface area (Å²) in [5.74, 6) is 0.512. The molecule has 202 valence electrons. The maximum atomic E-state index is 13.7. The van der Waals surface area contributed by atoms with E-state index in [1.807, 2.05) is 6.92 Å². The van der Waals surface area contributed by atoms with Crippen molar-refractivity contribution in [3.63, 3.8) is 0 Å². The Balaban J connectivity index is 1.68. The minimum absolute atomic E-state index is 0.0000477. The van der Waals surface area contributed by atoms with Crippen molar-refractivity contribution in [3.05, 3.63) is 106 Å². The normalized spacial score (nSPS) is 11.1. The maximum Gasteiger partial charge on any atom is 0.264 e. The number of nitrogens with one attached hydrogen (secondary N) is 1.